The van der Waals surface area contributed by atoms with Crippen molar-refractivity contribution in [2.75, 3.05) is 13.1 Å². The van der Waals surface area contributed by atoms with Crippen molar-refractivity contribution in [3.63, 3.8) is 0 Å². The number of aliphatic hydroxyl groups is 1. The van der Waals surface area contributed by atoms with E-state index in [2.05, 4.69) is 0 Å². The summed E-state index contributed by atoms with van der Waals surface area (Å²) in [7, 11) is 0. The summed E-state index contributed by atoms with van der Waals surface area (Å²) < 4.78 is 11.5. The molecule has 1 amide bonds. The van der Waals surface area contributed by atoms with Crippen LogP contribution >= 0.6 is 23.2 Å². The Morgan fingerprint density at radius 3 is 2.83 bits per heavy atom. The standard InChI is InChI=1S/C28H29Cl2NO5/c1-17-22-8-7-21(35-16-18-5-6-20(29)12-24(18)30)13-25(22)36-27(33)23(17)14-26(32)31-11-10-28(34)9-3-2-4-19(28)15-31/h5-8,12-13,19,34H,2-4,9-11,14-16H2,1H3/t19-,28+/m0/s1. The van der Waals surface area contributed by atoms with Gasteiger partial charge >= 0.3 is 5.63 Å². The molecular formula is C28H29Cl2NO5. The summed E-state index contributed by atoms with van der Waals surface area (Å²) in [5.74, 6) is 0.546. The number of nitrogens with zero attached hydrogens (tertiary/aromatic N) is 1. The zero-order valence-corrected chi connectivity index (χ0v) is 21.7. The molecule has 1 aliphatic carbocycles. The molecule has 2 atom stereocenters. The first kappa shape index (κ1) is 25.1. The lowest BCUT2D eigenvalue weighted by atomic mass is 9.71. The minimum absolute atomic E-state index is 0.0113. The predicted molar refractivity (Wildman–Crippen MR) is 140 cm³/mol. The molecule has 0 bridgehead atoms. The van der Waals surface area contributed by atoms with Gasteiger partial charge in [0.1, 0.15) is 17.9 Å². The van der Waals surface area contributed by atoms with Gasteiger partial charge in [0.2, 0.25) is 5.91 Å². The van der Waals surface area contributed by atoms with E-state index < -0.39 is 11.2 Å². The Morgan fingerprint density at radius 2 is 2.03 bits per heavy atom. The van der Waals surface area contributed by atoms with Gasteiger partial charge in [-0.25, -0.2) is 4.79 Å². The third-order valence-electron chi connectivity index (χ3n) is 7.78. The number of hydrogen-bond acceptors (Lipinski definition) is 5. The highest BCUT2D eigenvalue weighted by atomic mass is 35.5. The lowest BCUT2D eigenvalue weighted by Gasteiger charge is -2.47. The number of fused-ring (bicyclic) bond motifs is 2. The quantitative estimate of drug-likeness (QED) is 0.430. The van der Waals surface area contributed by atoms with E-state index in [1.165, 1.54) is 0 Å². The molecule has 1 saturated carbocycles. The molecule has 1 saturated heterocycles. The van der Waals surface area contributed by atoms with Crippen molar-refractivity contribution in [1.82, 2.24) is 4.90 Å². The van der Waals surface area contributed by atoms with Gasteiger partial charge in [0.15, 0.2) is 0 Å². The van der Waals surface area contributed by atoms with Crippen LogP contribution in [-0.4, -0.2) is 34.6 Å². The van der Waals surface area contributed by atoms with E-state index in [1.54, 1.807) is 35.2 Å². The average Bonchev–Trinajstić information content (AvgIpc) is 2.85. The van der Waals surface area contributed by atoms with E-state index in [1.807, 2.05) is 13.0 Å². The molecule has 36 heavy (non-hydrogen) atoms. The van der Waals surface area contributed by atoms with Crippen molar-refractivity contribution >= 4 is 40.1 Å². The van der Waals surface area contributed by atoms with Gasteiger partial charge in [-0.1, -0.05) is 42.1 Å². The highest BCUT2D eigenvalue weighted by molar-refractivity contribution is 6.35. The normalized spacial score (nSPS) is 21.9. The van der Waals surface area contributed by atoms with Gasteiger partial charge in [-0.15, -0.1) is 0 Å². The highest BCUT2D eigenvalue weighted by Crippen LogP contribution is 2.40. The van der Waals surface area contributed by atoms with Crippen molar-refractivity contribution in [2.24, 2.45) is 5.92 Å². The van der Waals surface area contributed by atoms with Crippen LogP contribution in [0.4, 0.5) is 0 Å². The van der Waals surface area contributed by atoms with Gasteiger partial charge in [-0.3, -0.25) is 4.79 Å². The number of aryl methyl sites for hydroxylation is 1. The molecule has 6 nitrogen and oxygen atoms in total. The van der Waals surface area contributed by atoms with Crippen LogP contribution in [-0.2, 0) is 17.8 Å². The van der Waals surface area contributed by atoms with E-state index >= 15 is 0 Å². The van der Waals surface area contributed by atoms with Gasteiger partial charge in [-0.05, 0) is 56.0 Å². The summed E-state index contributed by atoms with van der Waals surface area (Å²) in [6, 6.07) is 10.5. The number of hydrogen-bond donors (Lipinski definition) is 1. The molecule has 1 aliphatic heterocycles. The second-order valence-electron chi connectivity index (χ2n) is 9.99. The van der Waals surface area contributed by atoms with E-state index in [4.69, 9.17) is 32.4 Å². The number of amides is 1. The number of benzene rings is 2. The van der Waals surface area contributed by atoms with E-state index in [0.29, 0.717) is 46.5 Å². The molecule has 2 aliphatic rings. The fraction of sp³-hybridized carbons (Fsp3) is 0.429. The molecule has 2 fully saturated rings. The average molecular weight is 530 g/mol. The third kappa shape index (κ3) is 4.99. The van der Waals surface area contributed by atoms with Gasteiger partial charge in [0.25, 0.3) is 0 Å². The van der Waals surface area contributed by atoms with Crippen LogP contribution in [0, 0.1) is 12.8 Å². The number of carbonyl (C=O) groups is 1. The summed E-state index contributed by atoms with van der Waals surface area (Å²) in [5, 5.41) is 12.7. The molecule has 0 radical (unpaired) electrons. The maximum absolute atomic E-state index is 13.1. The van der Waals surface area contributed by atoms with Crippen LogP contribution in [0.1, 0.15) is 48.8 Å². The summed E-state index contributed by atoms with van der Waals surface area (Å²) >= 11 is 12.2. The zero-order valence-electron chi connectivity index (χ0n) is 20.2. The molecular weight excluding hydrogens is 501 g/mol. The Hall–Kier alpha value is -2.54. The Kier molecular flexibility index (Phi) is 7.03. The second kappa shape index (κ2) is 10.1. The monoisotopic (exact) mass is 529 g/mol. The van der Waals surface area contributed by atoms with Gasteiger partial charge in [0, 0.05) is 46.1 Å². The molecule has 8 heteroatoms. The fourth-order valence-corrected chi connectivity index (χ4v) is 5.99. The number of halogens is 2. The first-order valence-electron chi connectivity index (χ1n) is 12.4. The summed E-state index contributed by atoms with van der Waals surface area (Å²) in [6.07, 6.45) is 4.46. The number of rotatable bonds is 5. The maximum atomic E-state index is 13.1. The predicted octanol–water partition coefficient (Wildman–Crippen LogP) is 5.68. The van der Waals surface area contributed by atoms with Crippen molar-refractivity contribution in [1.29, 1.82) is 0 Å². The number of piperidine rings is 1. The zero-order chi connectivity index (χ0) is 25.4. The summed E-state index contributed by atoms with van der Waals surface area (Å²) in [4.78, 5) is 27.8. The molecule has 0 unspecified atom stereocenters. The Bertz CT molecular complexity index is 1370. The number of carbonyl (C=O) groups excluding carboxylic acids is 1. The molecule has 5 rings (SSSR count). The lowest BCUT2D eigenvalue weighted by molar-refractivity contribution is -0.142. The molecule has 190 valence electrons. The topological polar surface area (TPSA) is 80.0 Å². The maximum Gasteiger partial charge on any atom is 0.340 e. The van der Waals surface area contributed by atoms with E-state index in [-0.39, 0.29) is 24.9 Å². The van der Waals surface area contributed by atoms with Crippen molar-refractivity contribution in [2.45, 2.75) is 57.7 Å². The largest absolute Gasteiger partial charge is 0.489 e. The molecule has 1 aromatic heterocycles. The fourth-order valence-electron chi connectivity index (χ4n) is 5.53. The molecule has 3 aromatic rings. The summed E-state index contributed by atoms with van der Waals surface area (Å²) in [6.45, 7) is 3.14. The van der Waals surface area contributed by atoms with Crippen LogP contribution in [0.2, 0.25) is 10.0 Å². The van der Waals surface area contributed by atoms with Crippen molar-refractivity contribution < 1.29 is 19.1 Å². The van der Waals surface area contributed by atoms with Crippen LogP contribution in [0.25, 0.3) is 11.0 Å². The first-order valence-corrected chi connectivity index (χ1v) is 13.1. The lowest BCUT2D eigenvalue weighted by Crippen LogP contribution is -2.55. The molecule has 1 N–H and O–H groups in total. The van der Waals surface area contributed by atoms with E-state index in [9.17, 15) is 14.7 Å². The second-order valence-corrected chi connectivity index (χ2v) is 10.8. The van der Waals surface area contributed by atoms with Crippen molar-refractivity contribution in [3.05, 3.63) is 73.6 Å². The van der Waals surface area contributed by atoms with Crippen molar-refractivity contribution in [3.8, 4) is 5.75 Å². The Morgan fingerprint density at radius 1 is 1.19 bits per heavy atom. The molecule has 0 spiro atoms. The Labute approximate surface area is 219 Å². The Balaban J connectivity index is 1.31. The molecule has 2 aromatic carbocycles. The SMILES string of the molecule is Cc1c(CC(=O)N2CC[C@]3(O)CCCC[C@H]3C2)c(=O)oc2cc(OCc3ccc(Cl)cc3Cl)ccc12. The first-order chi connectivity index (χ1) is 17.2. The van der Waals surface area contributed by atoms with Crippen LogP contribution in [0.5, 0.6) is 5.75 Å². The van der Waals surface area contributed by atoms with Gasteiger partial charge < -0.3 is 19.2 Å². The summed E-state index contributed by atoms with van der Waals surface area (Å²) in [5.41, 5.74) is 1.13. The number of likely N-dealkylation sites (tertiary alicyclic amines) is 1. The third-order valence-corrected chi connectivity index (χ3v) is 8.36. The minimum atomic E-state index is -0.647. The highest BCUT2D eigenvalue weighted by Gasteiger charge is 2.43. The minimum Gasteiger partial charge on any atom is -0.489 e. The van der Waals surface area contributed by atoms with Crippen LogP contribution in [0.3, 0.4) is 0 Å². The van der Waals surface area contributed by atoms with Crippen LogP contribution < -0.4 is 10.4 Å². The molecule has 2 heterocycles. The van der Waals surface area contributed by atoms with Gasteiger partial charge in [0.05, 0.1) is 17.6 Å². The van der Waals surface area contributed by atoms with Gasteiger partial charge in [-0.2, -0.15) is 0 Å². The van der Waals surface area contributed by atoms with Crippen LogP contribution in [0.15, 0.2) is 45.6 Å². The smallest absolute Gasteiger partial charge is 0.340 e. The number of ether oxygens (including phenoxy) is 1. The van der Waals surface area contributed by atoms with E-state index in [0.717, 1.165) is 42.2 Å².